The predicted octanol–water partition coefficient (Wildman–Crippen LogP) is 0.0437. The molecule has 0 aromatic heterocycles. The predicted molar refractivity (Wildman–Crippen MR) is 65.1 cm³/mol. The topological polar surface area (TPSA) is 92.3 Å². The zero-order chi connectivity index (χ0) is 13.2. The van der Waals surface area contributed by atoms with Gasteiger partial charge in [-0.25, -0.2) is 13.1 Å². The molecule has 0 radical (unpaired) electrons. The Balaban J connectivity index is 1.99. The van der Waals surface area contributed by atoms with Crippen LogP contribution in [0.4, 0.5) is 0 Å². The summed E-state index contributed by atoms with van der Waals surface area (Å²) in [5, 5.41) is 1.76. The van der Waals surface area contributed by atoms with Gasteiger partial charge in [0.2, 0.25) is 21.8 Å². The Morgan fingerprint density at radius 3 is 2.33 bits per heavy atom. The summed E-state index contributed by atoms with van der Waals surface area (Å²) in [7, 11) is -3.46. The first kappa shape index (κ1) is 13.5. The molecule has 2 amide bonds. The first-order valence-corrected chi connectivity index (χ1v) is 7.88. The van der Waals surface area contributed by atoms with Crippen LogP contribution in [0.3, 0.4) is 0 Å². The van der Waals surface area contributed by atoms with Crippen molar-refractivity contribution in [2.45, 2.75) is 56.2 Å². The minimum absolute atomic E-state index is 0.184. The summed E-state index contributed by atoms with van der Waals surface area (Å²) < 4.78 is 26.7. The van der Waals surface area contributed by atoms with Gasteiger partial charge < -0.3 is 0 Å². The van der Waals surface area contributed by atoms with Crippen LogP contribution in [0.15, 0.2) is 0 Å². The highest BCUT2D eigenvalue weighted by Crippen LogP contribution is 2.23. The maximum absolute atomic E-state index is 12.1. The van der Waals surface area contributed by atoms with Crippen molar-refractivity contribution in [1.82, 2.24) is 10.0 Å². The number of carbonyl (C=O) groups is 2. The third-order valence-corrected chi connectivity index (χ3v) is 5.50. The van der Waals surface area contributed by atoms with Crippen molar-refractivity contribution >= 4 is 21.8 Å². The van der Waals surface area contributed by atoms with Gasteiger partial charge in [0.25, 0.3) is 0 Å². The summed E-state index contributed by atoms with van der Waals surface area (Å²) in [4.78, 5) is 22.5. The van der Waals surface area contributed by atoms with Crippen LogP contribution >= 0.6 is 0 Å². The first-order valence-electron chi connectivity index (χ1n) is 6.34. The van der Waals surface area contributed by atoms with Crippen LogP contribution in [0.5, 0.6) is 0 Å². The molecule has 1 aliphatic heterocycles. The van der Waals surface area contributed by atoms with E-state index in [0.717, 1.165) is 19.3 Å². The number of hydrogen-bond acceptors (Lipinski definition) is 4. The van der Waals surface area contributed by atoms with Crippen LogP contribution in [0.25, 0.3) is 0 Å². The molecule has 2 N–H and O–H groups in total. The van der Waals surface area contributed by atoms with Crippen molar-refractivity contribution in [3.8, 4) is 0 Å². The number of imide groups is 1. The molecule has 0 spiro atoms. The van der Waals surface area contributed by atoms with Crippen LogP contribution in [-0.2, 0) is 19.6 Å². The fourth-order valence-corrected chi connectivity index (χ4v) is 4.24. The largest absolute Gasteiger partial charge is 0.295 e. The Labute approximate surface area is 107 Å². The van der Waals surface area contributed by atoms with E-state index in [4.69, 9.17) is 0 Å². The maximum atomic E-state index is 12.1. The number of sulfonamides is 1. The number of piperidine rings is 1. The highest BCUT2D eigenvalue weighted by Gasteiger charge is 2.34. The van der Waals surface area contributed by atoms with Crippen molar-refractivity contribution in [1.29, 1.82) is 0 Å². The lowest BCUT2D eigenvalue weighted by atomic mass is 10.0. The van der Waals surface area contributed by atoms with Gasteiger partial charge in [0, 0.05) is 6.42 Å². The molecule has 1 unspecified atom stereocenters. The molecule has 0 aromatic rings. The molecule has 1 saturated heterocycles. The summed E-state index contributed by atoms with van der Waals surface area (Å²) in [5.41, 5.74) is 0. The van der Waals surface area contributed by atoms with Crippen LogP contribution in [0.1, 0.15) is 44.9 Å². The van der Waals surface area contributed by atoms with Gasteiger partial charge in [-0.15, -0.1) is 0 Å². The van der Waals surface area contributed by atoms with E-state index in [1.165, 1.54) is 0 Å². The van der Waals surface area contributed by atoms with E-state index in [1.807, 2.05) is 0 Å². The maximum Gasteiger partial charge on any atom is 0.244 e. The monoisotopic (exact) mass is 274 g/mol. The fourth-order valence-electron chi connectivity index (χ4n) is 2.48. The summed E-state index contributed by atoms with van der Waals surface area (Å²) in [5.74, 6) is -0.876. The number of rotatable bonds is 3. The molecule has 1 aliphatic carbocycles. The van der Waals surface area contributed by atoms with Crippen molar-refractivity contribution < 1.29 is 18.0 Å². The Morgan fingerprint density at radius 1 is 1.06 bits per heavy atom. The molecular formula is C11H18N2O4S. The second kappa shape index (κ2) is 5.36. The van der Waals surface area contributed by atoms with Gasteiger partial charge >= 0.3 is 0 Å². The lowest BCUT2D eigenvalue weighted by molar-refractivity contribution is -0.134. The second-order valence-electron chi connectivity index (χ2n) is 4.93. The third kappa shape index (κ3) is 3.08. The quantitative estimate of drug-likeness (QED) is 0.711. The minimum Gasteiger partial charge on any atom is -0.295 e. The van der Waals surface area contributed by atoms with Crippen LogP contribution < -0.4 is 10.0 Å². The summed E-state index contributed by atoms with van der Waals surface area (Å²) in [6, 6.07) is -0.797. The first-order chi connectivity index (χ1) is 8.49. The molecule has 7 heteroatoms. The van der Waals surface area contributed by atoms with Gasteiger partial charge in [0.15, 0.2) is 0 Å². The number of amides is 2. The molecule has 1 heterocycles. The Morgan fingerprint density at radius 2 is 1.72 bits per heavy atom. The lowest BCUT2D eigenvalue weighted by Gasteiger charge is -2.26. The third-order valence-electron chi connectivity index (χ3n) is 3.54. The molecular weight excluding hydrogens is 256 g/mol. The lowest BCUT2D eigenvalue weighted by Crippen LogP contribution is -2.54. The highest BCUT2D eigenvalue weighted by atomic mass is 32.2. The average molecular weight is 274 g/mol. The minimum atomic E-state index is -3.46. The van der Waals surface area contributed by atoms with Gasteiger partial charge in [0.1, 0.15) is 6.04 Å². The second-order valence-corrected chi connectivity index (χ2v) is 6.92. The zero-order valence-corrected chi connectivity index (χ0v) is 11.0. The molecule has 18 heavy (non-hydrogen) atoms. The van der Waals surface area contributed by atoms with E-state index < -0.39 is 27.2 Å². The van der Waals surface area contributed by atoms with Gasteiger partial charge in [0.05, 0.1) is 5.25 Å². The fraction of sp³-hybridized carbons (Fsp3) is 0.818. The Bertz CT molecular complexity index is 440. The SMILES string of the molecule is O=C1CCC(NS(=O)(=O)C2CCCCC2)C(=O)N1. The van der Waals surface area contributed by atoms with Crippen molar-refractivity contribution in [2.24, 2.45) is 0 Å². The normalized spacial score (nSPS) is 27.0. The van der Waals surface area contributed by atoms with E-state index >= 15 is 0 Å². The van der Waals surface area contributed by atoms with E-state index in [9.17, 15) is 18.0 Å². The van der Waals surface area contributed by atoms with E-state index in [2.05, 4.69) is 10.0 Å². The number of hydrogen-bond donors (Lipinski definition) is 2. The smallest absolute Gasteiger partial charge is 0.244 e. The van der Waals surface area contributed by atoms with E-state index in [-0.39, 0.29) is 18.7 Å². The van der Waals surface area contributed by atoms with Crippen LogP contribution in [0, 0.1) is 0 Å². The number of carbonyl (C=O) groups excluding carboxylic acids is 2. The van der Waals surface area contributed by atoms with Gasteiger partial charge in [-0.1, -0.05) is 19.3 Å². The molecule has 1 saturated carbocycles. The Hall–Kier alpha value is -0.950. The van der Waals surface area contributed by atoms with Crippen LogP contribution in [0.2, 0.25) is 0 Å². The molecule has 2 aliphatic rings. The molecule has 0 aromatic carbocycles. The van der Waals surface area contributed by atoms with Crippen LogP contribution in [-0.4, -0.2) is 31.5 Å². The average Bonchev–Trinajstić information content (AvgIpc) is 2.34. The summed E-state index contributed by atoms with van der Waals surface area (Å²) >= 11 is 0. The Kier molecular flexibility index (Phi) is 4.01. The van der Waals surface area contributed by atoms with E-state index in [0.29, 0.717) is 12.8 Å². The van der Waals surface area contributed by atoms with E-state index in [1.54, 1.807) is 0 Å². The van der Waals surface area contributed by atoms with Crippen molar-refractivity contribution in [3.05, 3.63) is 0 Å². The molecule has 102 valence electrons. The van der Waals surface area contributed by atoms with Gasteiger partial charge in [-0.2, -0.15) is 0 Å². The molecule has 2 fully saturated rings. The molecule has 6 nitrogen and oxygen atoms in total. The standard InChI is InChI=1S/C11H18N2O4S/c14-10-7-6-9(11(15)12-10)13-18(16,17)8-4-2-1-3-5-8/h8-9,13H,1-7H2,(H,12,14,15). The highest BCUT2D eigenvalue weighted by molar-refractivity contribution is 7.90. The summed E-state index contributed by atoms with van der Waals surface area (Å²) in [6.45, 7) is 0. The van der Waals surface area contributed by atoms with Gasteiger partial charge in [-0.3, -0.25) is 14.9 Å². The van der Waals surface area contributed by atoms with Gasteiger partial charge in [-0.05, 0) is 19.3 Å². The van der Waals surface area contributed by atoms with Crippen molar-refractivity contribution in [2.75, 3.05) is 0 Å². The molecule has 2 rings (SSSR count). The van der Waals surface area contributed by atoms with Crippen molar-refractivity contribution in [3.63, 3.8) is 0 Å². The zero-order valence-electron chi connectivity index (χ0n) is 10.1. The number of nitrogens with one attached hydrogen (secondary N) is 2. The molecule has 1 atom stereocenters. The summed E-state index contributed by atoms with van der Waals surface area (Å²) in [6.07, 6.45) is 4.65. The molecule has 0 bridgehead atoms.